The Kier molecular flexibility index (Phi) is 3.97. The smallest absolute Gasteiger partial charge is 0.124 e. The second kappa shape index (κ2) is 5.47. The van der Waals surface area contributed by atoms with Crippen molar-refractivity contribution in [2.75, 3.05) is 7.05 Å². The Balaban J connectivity index is 2.00. The van der Waals surface area contributed by atoms with Crippen LogP contribution in [0.15, 0.2) is 45.7 Å². The molecule has 0 aliphatic carbocycles. The number of hydrogen-bond acceptors (Lipinski definition) is 2. The van der Waals surface area contributed by atoms with E-state index >= 15 is 0 Å². The molecule has 0 saturated carbocycles. The summed E-state index contributed by atoms with van der Waals surface area (Å²) in [6, 6.07) is 6.86. The highest BCUT2D eigenvalue weighted by Gasteiger charge is 2.05. The van der Waals surface area contributed by atoms with Crippen LogP contribution in [-0.2, 0) is 13.1 Å². The van der Waals surface area contributed by atoms with Crippen molar-refractivity contribution in [2.24, 2.45) is 0 Å². The van der Waals surface area contributed by atoms with Crippen molar-refractivity contribution in [3.63, 3.8) is 0 Å². The molecule has 0 aliphatic rings. The van der Waals surface area contributed by atoms with Gasteiger partial charge in [0.05, 0.1) is 12.5 Å². The predicted octanol–water partition coefficient (Wildman–Crippen LogP) is 3.81. The lowest BCUT2D eigenvalue weighted by Crippen LogP contribution is -2.16. The highest BCUT2D eigenvalue weighted by atomic mass is 79.9. The molecule has 2 rings (SSSR count). The van der Waals surface area contributed by atoms with Gasteiger partial charge in [0.25, 0.3) is 0 Å². The normalized spacial score (nSPS) is 11.1. The molecule has 0 radical (unpaired) electrons. The first-order valence-corrected chi connectivity index (χ1v) is 6.07. The minimum absolute atomic E-state index is 0.217. The lowest BCUT2D eigenvalue weighted by Gasteiger charge is -2.15. The first-order valence-electron chi connectivity index (χ1n) is 5.28. The van der Waals surface area contributed by atoms with Crippen LogP contribution in [0.3, 0.4) is 0 Å². The predicted molar refractivity (Wildman–Crippen MR) is 68.0 cm³/mol. The van der Waals surface area contributed by atoms with Crippen LogP contribution in [-0.4, -0.2) is 11.9 Å². The largest absolute Gasteiger partial charge is 0.472 e. The van der Waals surface area contributed by atoms with E-state index < -0.39 is 0 Å². The van der Waals surface area contributed by atoms with Gasteiger partial charge in [-0.1, -0.05) is 15.9 Å². The van der Waals surface area contributed by atoms with Gasteiger partial charge in [-0.25, -0.2) is 4.39 Å². The quantitative estimate of drug-likeness (QED) is 0.853. The van der Waals surface area contributed by atoms with Gasteiger partial charge in [0, 0.05) is 23.1 Å². The molecule has 0 atom stereocenters. The van der Waals surface area contributed by atoms with Gasteiger partial charge in [0.15, 0.2) is 0 Å². The highest BCUT2D eigenvalue weighted by Crippen LogP contribution is 2.16. The zero-order chi connectivity index (χ0) is 12.3. The van der Waals surface area contributed by atoms with Crippen molar-refractivity contribution in [1.29, 1.82) is 0 Å². The molecular formula is C13H13BrFNO. The number of hydrogen-bond donors (Lipinski definition) is 0. The second-order valence-corrected chi connectivity index (χ2v) is 5.00. The molecule has 0 saturated heterocycles. The van der Waals surface area contributed by atoms with Gasteiger partial charge in [-0.2, -0.15) is 0 Å². The fourth-order valence-corrected chi connectivity index (χ4v) is 2.28. The minimum atomic E-state index is -0.217. The van der Waals surface area contributed by atoms with Gasteiger partial charge >= 0.3 is 0 Å². The van der Waals surface area contributed by atoms with E-state index in [1.54, 1.807) is 18.6 Å². The summed E-state index contributed by atoms with van der Waals surface area (Å²) in [5.74, 6) is -0.217. The number of nitrogens with zero attached hydrogens (tertiary/aromatic N) is 1. The molecule has 0 amide bonds. The Morgan fingerprint density at radius 3 is 2.65 bits per heavy atom. The summed E-state index contributed by atoms with van der Waals surface area (Å²) < 4.78 is 19.0. The molecule has 17 heavy (non-hydrogen) atoms. The monoisotopic (exact) mass is 297 g/mol. The second-order valence-electron chi connectivity index (χ2n) is 4.08. The standard InChI is InChI=1S/C13H13BrFNO/c1-16(7-10-2-3-17-9-10)8-11-4-12(14)6-13(15)5-11/h2-6,9H,7-8H2,1H3. The van der Waals surface area contributed by atoms with Gasteiger partial charge in [-0.05, 0) is 36.9 Å². The molecule has 1 aromatic carbocycles. The molecule has 0 aliphatic heterocycles. The van der Waals surface area contributed by atoms with Crippen molar-refractivity contribution < 1.29 is 8.81 Å². The zero-order valence-electron chi connectivity index (χ0n) is 9.49. The lowest BCUT2D eigenvalue weighted by molar-refractivity contribution is 0.317. The molecule has 1 heterocycles. The molecule has 0 bridgehead atoms. The van der Waals surface area contributed by atoms with Crippen molar-refractivity contribution in [3.8, 4) is 0 Å². The first-order chi connectivity index (χ1) is 8.13. The number of halogens is 2. The molecule has 0 fully saturated rings. The average Bonchev–Trinajstić information content (AvgIpc) is 2.67. The third-order valence-corrected chi connectivity index (χ3v) is 2.87. The van der Waals surface area contributed by atoms with E-state index in [1.807, 2.05) is 19.2 Å². The highest BCUT2D eigenvalue weighted by molar-refractivity contribution is 9.10. The maximum absolute atomic E-state index is 13.2. The van der Waals surface area contributed by atoms with Gasteiger partial charge in [-0.3, -0.25) is 4.90 Å². The maximum Gasteiger partial charge on any atom is 0.124 e. The molecule has 2 aromatic rings. The van der Waals surface area contributed by atoms with Crippen LogP contribution >= 0.6 is 15.9 Å². The van der Waals surface area contributed by atoms with Crippen LogP contribution in [0.5, 0.6) is 0 Å². The Hall–Kier alpha value is -1.13. The third-order valence-electron chi connectivity index (χ3n) is 2.41. The van der Waals surface area contributed by atoms with Crippen LogP contribution in [0, 0.1) is 5.82 Å². The summed E-state index contributed by atoms with van der Waals surface area (Å²) in [5.41, 5.74) is 2.06. The Morgan fingerprint density at radius 1 is 1.24 bits per heavy atom. The topological polar surface area (TPSA) is 16.4 Å². The molecule has 0 N–H and O–H groups in total. The average molecular weight is 298 g/mol. The van der Waals surface area contributed by atoms with E-state index in [0.717, 1.165) is 22.1 Å². The summed E-state index contributed by atoms with van der Waals surface area (Å²) in [7, 11) is 1.99. The van der Waals surface area contributed by atoms with Gasteiger partial charge in [0.1, 0.15) is 5.82 Å². The van der Waals surface area contributed by atoms with Gasteiger partial charge < -0.3 is 4.42 Å². The Morgan fingerprint density at radius 2 is 2.00 bits per heavy atom. The van der Waals surface area contributed by atoms with E-state index in [9.17, 15) is 4.39 Å². The fourth-order valence-electron chi connectivity index (χ4n) is 1.76. The maximum atomic E-state index is 13.2. The van der Waals surface area contributed by atoms with Crippen molar-refractivity contribution in [1.82, 2.24) is 4.90 Å². The zero-order valence-corrected chi connectivity index (χ0v) is 11.1. The van der Waals surface area contributed by atoms with E-state index in [0.29, 0.717) is 6.54 Å². The molecule has 1 aromatic heterocycles. The SMILES string of the molecule is CN(Cc1ccoc1)Cc1cc(F)cc(Br)c1. The van der Waals surface area contributed by atoms with Gasteiger partial charge in [-0.15, -0.1) is 0 Å². The number of furan rings is 1. The van der Waals surface area contributed by atoms with Crippen molar-refractivity contribution >= 4 is 15.9 Å². The van der Waals surface area contributed by atoms with E-state index in [2.05, 4.69) is 20.8 Å². The fraction of sp³-hybridized carbons (Fsp3) is 0.231. The third kappa shape index (κ3) is 3.68. The summed E-state index contributed by atoms with van der Waals surface area (Å²) in [6.45, 7) is 1.48. The molecular weight excluding hydrogens is 285 g/mol. The van der Waals surface area contributed by atoms with Crippen LogP contribution in [0.2, 0.25) is 0 Å². The van der Waals surface area contributed by atoms with Crippen LogP contribution < -0.4 is 0 Å². The van der Waals surface area contributed by atoms with E-state index in [4.69, 9.17) is 4.42 Å². The molecule has 0 unspecified atom stereocenters. The van der Waals surface area contributed by atoms with Crippen LogP contribution in [0.4, 0.5) is 4.39 Å². The molecule has 0 spiro atoms. The summed E-state index contributed by atoms with van der Waals surface area (Å²) in [5, 5.41) is 0. The Bertz CT molecular complexity index is 464. The molecule has 90 valence electrons. The summed E-state index contributed by atoms with van der Waals surface area (Å²) in [4.78, 5) is 2.10. The van der Waals surface area contributed by atoms with Crippen molar-refractivity contribution in [3.05, 3.63) is 58.2 Å². The van der Waals surface area contributed by atoms with Gasteiger partial charge in [0.2, 0.25) is 0 Å². The number of benzene rings is 1. The molecule has 2 nitrogen and oxygen atoms in total. The van der Waals surface area contributed by atoms with Crippen LogP contribution in [0.25, 0.3) is 0 Å². The molecule has 4 heteroatoms. The number of rotatable bonds is 4. The van der Waals surface area contributed by atoms with E-state index in [-0.39, 0.29) is 5.82 Å². The van der Waals surface area contributed by atoms with E-state index in [1.165, 1.54) is 6.07 Å². The summed E-state index contributed by atoms with van der Waals surface area (Å²) >= 11 is 3.29. The minimum Gasteiger partial charge on any atom is -0.472 e. The van der Waals surface area contributed by atoms with Crippen LogP contribution in [0.1, 0.15) is 11.1 Å². The lowest BCUT2D eigenvalue weighted by atomic mass is 10.2. The Labute approximate surface area is 108 Å². The van der Waals surface area contributed by atoms with Crippen molar-refractivity contribution in [2.45, 2.75) is 13.1 Å². The first kappa shape index (κ1) is 12.3. The summed E-state index contributed by atoms with van der Waals surface area (Å²) in [6.07, 6.45) is 3.37.